The minimum Gasteiger partial charge on any atom is -0.385 e. The first-order valence-corrected chi connectivity index (χ1v) is 6.40. The maximum Gasteiger partial charge on any atom is 0.0899 e. The average Bonchev–Trinajstić information content (AvgIpc) is 2.30. The van der Waals surface area contributed by atoms with Gasteiger partial charge in [-0.25, -0.2) is 0 Å². The SMILES string of the molecule is CCCC(O)(CC(C)CC)c1ccccc1. The molecule has 1 aromatic rings. The number of rotatable bonds is 6. The lowest BCUT2D eigenvalue weighted by Crippen LogP contribution is -2.28. The van der Waals surface area contributed by atoms with Crippen LogP contribution in [0.25, 0.3) is 0 Å². The molecule has 0 aliphatic heterocycles. The predicted molar refractivity (Wildman–Crippen MR) is 69.3 cm³/mol. The van der Waals surface area contributed by atoms with Crippen molar-refractivity contribution in [3.8, 4) is 0 Å². The normalized spacial score (nSPS) is 16.8. The summed E-state index contributed by atoms with van der Waals surface area (Å²) in [7, 11) is 0. The summed E-state index contributed by atoms with van der Waals surface area (Å²) in [5.41, 5.74) is 0.433. The van der Waals surface area contributed by atoms with E-state index in [9.17, 15) is 5.11 Å². The second-order valence-electron chi connectivity index (χ2n) is 4.87. The van der Waals surface area contributed by atoms with Crippen LogP contribution in [0.15, 0.2) is 30.3 Å². The van der Waals surface area contributed by atoms with Gasteiger partial charge in [-0.15, -0.1) is 0 Å². The zero-order valence-corrected chi connectivity index (χ0v) is 10.7. The summed E-state index contributed by atoms with van der Waals surface area (Å²) in [4.78, 5) is 0. The predicted octanol–water partition coefficient (Wildman–Crippen LogP) is 4.11. The third-order valence-electron chi connectivity index (χ3n) is 3.36. The summed E-state index contributed by atoms with van der Waals surface area (Å²) in [6, 6.07) is 10.1. The van der Waals surface area contributed by atoms with Crippen molar-refractivity contribution in [3.05, 3.63) is 35.9 Å². The lowest BCUT2D eigenvalue weighted by atomic mass is 9.81. The molecule has 0 aliphatic rings. The summed E-state index contributed by atoms with van der Waals surface area (Å²) >= 11 is 0. The van der Waals surface area contributed by atoms with Crippen LogP contribution >= 0.6 is 0 Å². The first-order chi connectivity index (χ1) is 7.62. The van der Waals surface area contributed by atoms with Crippen molar-refractivity contribution in [2.75, 3.05) is 0 Å². The lowest BCUT2D eigenvalue weighted by Gasteiger charge is -2.31. The standard InChI is InChI=1S/C15H24O/c1-4-11-15(16,12-13(3)5-2)14-9-7-6-8-10-14/h6-10,13,16H,4-5,11-12H2,1-3H3. The first-order valence-electron chi connectivity index (χ1n) is 6.40. The summed E-state index contributed by atoms with van der Waals surface area (Å²) in [6.07, 6.45) is 3.85. The average molecular weight is 220 g/mol. The second-order valence-corrected chi connectivity index (χ2v) is 4.87. The maximum absolute atomic E-state index is 10.8. The van der Waals surface area contributed by atoms with E-state index >= 15 is 0 Å². The molecule has 1 N–H and O–H groups in total. The minimum absolute atomic E-state index is 0.566. The molecule has 1 aromatic carbocycles. The molecular weight excluding hydrogens is 196 g/mol. The molecule has 1 rings (SSSR count). The number of hydrogen-bond acceptors (Lipinski definition) is 1. The summed E-state index contributed by atoms with van der Waals surface area (Å²) in [6.45, 7) is 6.52. The molecule has 1 heteroatoms. The quantitative estimate of drug-likeness (QED) is 0.765. The van der Waals surface area contributed by atoms with Crippen molar-refractivity contribution in [3.63, 3.8) is 0 Å². The Bertz CT molecular complexity index is 294. The smallest absolute Gasteiger partial charge is 0.0899 e. The maximum atomic E-state index is 10.8. The van der Waals surface area contributed by atoms with E-state index in [0.717, 1.165) is 31.2 Å². The van der Waals surface area contributed by atoms with Crippen LogP contribution in [0.3, 0.4) is 0 Å². The molecule has 0 saturated carbocycles. The Morgan fingerprint density at radius 2 is 1.81 bits per heavy atom. The fourth-order valence-corrected chi connectivity index (χ4v) is 2.25. The molecule has 0 radical (unpaired) electrons. The van der Waals surface area contributed by atoms with Crippen molar-refractivity contribution in [2.45, 2.75) is 52.1 Å². The van der Waals surface area contributed by atoms with Gasteiger partial charge in [0.15, 0.2) is 0 Å². The Morgan fingerprint density at radius 3 is 2.31 bits per heavy atom. The van der Waals surface area contributed by atoms with E-state index in [1.54, 1.807) is 0 Å². The molecule has 2 atom stereocenters. The van der Waals surface area contributed by atoms with Crippen molar-refractivity contribution >= 4 is 0 Å². The van der Waals surface area contributed by atoms with Crippen LogP contribution in [-0.4, -0.2) is 5.11 Å². The Balaban J connectivity index is 2.88. The Hall–Kier alpha value is -0.820. The number of hydrogen-bond donors (Lipinski definition) is 1. The van der Waals surface area contributed by atoms with Gasteiger partial charge in [0.1, 0.15) is 0 Å². The summed E-state index contributed by atoms with van der Waals surface area (Å²) in [5.74, 6) is 0.566. The van der Waals surface area contributed by atoms with Crippen molar-refractivity contribution in [1.29, 1.82) is 0 Å². The largest absolute Gasteiger partial charge is 0.385 e. The van der Waals surface area contributed by atoms with Crippen LogP contribution in [0.5, 0.6) is 0 Å². The Kier molecular flexibility index (Phi) is 5.01. The molecule has 90 valence electrons. The highest BCUT2D eigenvalue weighted by atomic mass is 16.3. The van der Waals surface area contributed by atoms with E-state index < -0.39 is 5.60 Å². The minimum atomic E-state index is -0.633. The van der Waals surface area contributed by atoms with Crippen molar-refractivity contribution in [2.24, 2.45) is 5.92 Å². The van der Waals surface area contributed by atoms with Crippen LogP contribution in [-0.2, 0) is 5.60 Å². The third-order valence-corrected chi connectivity index (χ3v) is 3.36. The monoisotopic (exact) mass is 220 g/mol. The van der Waals surface area contributed by atoms with Gasteiger partial charge >= 0.3 is 0 Å². The molecule has 0 spiro atoms. The molecule has 0 aliphatic carbocycles. The van der Waals surface area contributed by atoms with Gasteiger partial charge in [0.25, 0.3) is 0 Å². The van der Waals surface area contributed by atoms with E-state index in [4.69, 9.17) is 0 Å². The molecular formula is C15H24O. The fraction of sp³-hybridized carbons (Fsp3) is 0.600. The zero-order chi connectivity index (χ0) is 12.0. The van der Waals surface area contributed by atoms with Crippen molar-refractivity contribution < 1.29 is 5.11 Å². The fourth-order valence-electron chi connectivity index (χ4n) is 2.25. The van der Waals surface area contributed by atoms with Crippen LogP contribution < -0.4 is 0 Å². The second kappa shape index (κ2) is 6.05. The molecule has 0 heterocycles. The van der Waals surface area contributed by atoms with E-state index in [1.807, 2.05) is 30.3 Å². The summed E-state index contributed by atoms with van der Waals surface area (Å²) < 4.78 is 0. The van der Waals surface area contributed by atoms with E-state index in [-0.39, 0.29) is 0 Å². The van der Waals surface area contributed by atoms with Gasteiger partial charge in [-0.1, -0.05) is 63.9 Å². The third kappa shape index (κ3) is 3.34. The van der Waals surface area contributed by atoms with Crippen LogP contribution in [0, 0.1) is 5.92 Å². The van der Waals surface area contributed by atoms with E-state index in [0.29, 0.717) is 5.92 Å². The van der Waals surface area contributed by atoms with Gasteiger partial charge in [-0.3, -0.25) is 0 Å². The highest BCUT2D eigenvalue weighted by Gasteiger charge is 2.29. The number of aliphatic hydroxyl groups is 1. The van der Waals surface area contributed by atoms with Gasteiger partial charge < -0.3 is 5.11 Å². The molecule has 0 aromatic heterocycles. The molecule has 16 heavy (non-hydrogen) atoms. The van der Waals surface area contributed by atoms with Crippen LogP contribution in [0.2, 0.25) is 0 Å². The molecule has 1 nitrogen and oxygen atoms in total. The molecule has 0 fully saturated rings. The Morgan fingerprint density at radius 1 is 1.19 bits per heavy atom. The van der Waals surface area contributed by atoms with Crippen molar-refractivity contribution in [1.82, 2.24) is 0 Å². The van der Waals surface area contributed by atoms with Gasteiger partial charge in [-0.05, 0) is 24.3 Å². The van der Waals surface area contributed by atoms with Gasteiger partial charge in [0, 0.05) is 0 Å². The molecule has 0 bridgehead atoms. The topological polar surface area (TPSA) is 20.2 Å². The van der Waals surface area contributed by atoms with Crippen LogP contribution in [0.1, 0.15) is 52.0 Å². The van der Waals surface area contributed by atoms with E-state index in [2.05, 4.69) is 20.8 Å². The highest BCUT2D eigenvalue weighted by Crippen LogP contribution is 2.33. The Labute approximate surface area is 99.5 Å². The van der Waals surface area contributed by atoms with Gasteiger partial charge in [0.2, 0.25) is 0 Å². The zero-order valence-electron chi connectivity index (χ0n) is 10.7. The number of benzene rings is 1. The van der Waals surface area contributed by atoms with Crippen LogP contribution in [0.4, 0.5) is 0 Å². The highest BCUT2D eigenvalue weighted by molar-refractivity contribution is 5.22. The first kappa shape index (κ1) is 13.2. The summed E-state index contributed by atoms with van der Waals surface area (Å²) in [5, 5.41) is 10.8. The molecule has 0 amide bonds. The van der Waals surface area contributed by atoms with E-state index in [1.165, 1.54) is 0 Å². The molecule has 0 saturated heterocycles. The molecule has 2 unspecified atom stereocenters. The van der Waals surface area contributed by atoms with Gasteiger partial charge in [0.05, 0.1) is 5.60 Å². The van der Waals surface area contributed by atoms with Gasteiger partial charge in [-0.2, -0.15) is 0 Å². The lowest BCUT2D eigenvalue weighted by molar-refractivity contribution is 0.00338.